The first-order chi connectivity index (χ1) is 10.2. The Balaban J connectivity index is 1.72. The Bertz CT molecular complexity index is 507. The first-order valence-electron chi connectivity index (χ1n) is 8.63. The molecule has 0 radical (unpaired) electrons. The smallest absolute Gasteiger partial charge is 0.0876 e. The van der Waals surface area contributed by atoms with Crippen molar-refractivity contribution >= 4 is 0 Å². The molecule has 4 rings (SSSR count). The van der Waals surface area contributed by atoms with Crippen molar-refractivity contribution in [3.05, 3.63) is 35.4 Å². The molecule has 1 aliphatic heterocycles. The summed E-state index contributed by atoms with van der Waals surface area (Å²) in [6, 6.07) is 9.05. The highest BCUT2D eigenvalue weighted by Gasteiger charge is 2.56. The van der Waals surface area contributed by atoms with Crippen LogP contribution in [0, 0.1) is 11.8 Å². The molecule has 3 atom stereocenters. The van der Waals surface area contributed by atoms with Crippen LogP contribution in [-0.4, -0.2) is 24.3 Å². The Labute approximate surface area is 128 Å². The Morgan fingerprint density at radius 2 is 1.71 bits per heavy atom. The second-order valence-corrected chi connectivity index (χ2v) is 7.61. The third-order valence-corrected chi connectivity index (χ3v) is 6.38. The third kappa shape index (κ3) is 2.07. The average Bonchev–Trinajstić information content (AvgIpc) is 2.70. The summed E-state index contributed by atoms with van der Waals surface area (Å²) in [5.74, 6) is 1.37. The molecule has 1 aromatic rings. The van der Waals surface area contributed by atoms with Gasteiger partial charge in [-0.05, 0) is 62.0 Å². The lowest BCUT2D eigenvalue weighted by Gasteiger charge is -2.50. The van der Waals surface area contributed by atoms with E-state index in [9.17, 15) is 0 Å². The maximum Gasteiger partial charge on any atom is 0.0876 e. The van der Waals surface area contributed by atoms with Gasteiger partial charge in [-0.25, -0.2) is 0 Å². The van der Waals surface area contributed by atoms with Gasteiger partial charge in [0.2, 0.25) is 0 Å². The summed E-state index contributed by atoms with van der Waals surface area (Å²) in [5, 5.41) is 3.72. The zero-order chi connectivity index (χ0) is 14.5. The second-order valence-electron chi connectivity index (χ2n) is 7.61. The van der Waals surface area contributed by atoms with E-state index in [0.29, 0.717) is 11.8 Å². The standard InChI is InChI=1S/C19H27NO/c1-3-18(2)12-20-13-19(21-18)16-8-9-17(19)11-15-7-5-4-6-14(15)10-16/h4-7,16-17,20H,3,8-13H2,1-2H3. The zero-order valence-electron chi connectivity index (χ0n) is 13.3. The van der Waals surface area contributed by atoms with E-state index in [4.69, 9.17) is 4.74 Å². The van der Waals surface area contributed by atoms with Gasteiger partial charge in [0.05, 0.1) is 11.2 Å². The van der Waals surface area contributed by atoms with Crippen LogP contribution in [0.25, 0.3) is 0 Å². The Kier molecular flexibility index (Phi) is 3.16. The van der Waals surface area contributed by atoms with Crippen molar-refractivity contribution in [3.8, 4) is 0 Å². The van der Waals surface area contributed by atoms with Crippen LogP contribution in [0.1, 0.15) is 44.2 Å². The summed E-state index contributed by atoms with van der Waals surface area (Å²) in [7, 11) is 0. The number of hydrogen-bond donors (Lipinski definition) is 1. The number of benzene rings is 1. The lowest BCUT2D eigenvalue weighted by Crippen LogP contribution is -2.63. The molecule has 114 valence electrons. The molecular formula is C19H27NO. The van der Waals surface area contributed by atoms with Crippen molar-refractivity contribution in [1.82, 2.24) is 5.32 Å². The molecule has 1 spiro atoms. The first-order valence-corrected chi connectivity index (χ1v) is 8.63. The number of morpholine rings is 1. The van der Waals surface area contributed by atoms with Crippen LogP contribution in [0.3, 0.4) is 0 Å². The van der Waals surface area contributed by atoms with Crippen LogP contribution in [0.2, 0.25) is 0 Å². The molecular weight excluding hydrogens is 258 g/mol. The number of ether oxygens (including phenoxy) is 1. The van der Waals surface area contributed by atoms with E-state index in [0.717, 1.165) is 19.5 Å². The largest absolute Gasteiger partial charge is 0.366 e. The third-order valence-electron chi connectivity index (χ3n) is 6.38. The van der Waals surface area contributed by atoms with Crippen LogP contribution in [0.5, 0.6) is 0 Å². The van der Waals surface area contributed by atoms with Gasteiger partial charge < -0.3 is 10.1 Å². The molecule has 1 saturated carbocycles. The van der Waals surface area contributed by atoms with Gasteiger partial charge in [0.15, 0.2) is 0 Å². The fraction of sp³-hybridized carbons (Fsp3) is 0.684. The maximum absolute atomic E-state index is 6.89. The van der Waals surface area contributed by atoms with Crippen LogP contribution in [0.15, 0.2) is 24.3 Å². The van der Waals surface area contributed by atoms with Crippen molar-refractivity contribution in [1.29, 1.82) is 0 Å². The van der Waals surface area contributed by atoms with Crippen LogP contribution in [-0.2, 0) is 17.6 Å². The molecule has 2 heteroatoms. The lowest BCUT2D eigenvalue weighted by atomic mass is 9.79. The van der Waals surface area contributed by atoms with E-state index >= 15 is 0 Å². The molecule has 0 aromatic heterocycles. The van der Waals surface area contributed by atoms with Gasteiger partial charge in [0.25, 0.3) is 0 Å². The van der Waals surface area contributed by atoms with Crippen LogP contribution < -0.4 is 5.32 Å². The van der Waals surface area contributed by atoms with Gasteiger partial charge >= 0.3 is 0 Å². The summed E-state index contributed by atoms with van der Waals surface area (Å²) < 4.78 is 6.89. The molecule has 3 aliphatic rings. The predicted octanol–water partition coefficient (Wildman–Crippen LogP) is 3.34. The predicted molar refractivity (Wildman–Crippen MR) is 85.4 cm³/mol. The highest BCUT2D eigenvalue weighted by atomic mass is 16.5. The Morgan fingerprint density at radius 1 is 1.10 bits per heavy atom. The maximum atomic E-state index is 6.89. The van der Waals surface area contributed by atoms with Crippen LogP contribution in [0.4, 0.5) is 0 Å². The summed E-state index contributed by atoms with van der Waals surface area (Å²) in [6.07, 6.45) is 6.16. The SMILES string of the molecule is CCC1(C)CNCC2(O1)C1CCC2Cc2ccccc2C1. The minimum atomic E-state index is 0.00954. The van der Waals surface area contributed by atoms with Crippen LogP contribution >= 0.6 is 0 Å². The van der Waals surface area contributed by atoms with Gasteiger partial charge in [-0.15, -0.1) is 0 Å². The van der Waals surface area contributed by atoms with Crippen molar-refractivity contribution in [2.24, 2.45) is 11.8 Å². The molecule has 2 fully saturated rings. The number of rotatable bonds is 1. The molecule has 1 heterocycles. The van der Waals surface area contributed by atoms with E-state index in [1.807, 2.05) is 0 Å². The molecule has 1 saturated heterocycles. The molecule has 1 N–H and O–H groups in total. The van der Waals surface area contributed by atoms with Crippen molar-refractivity contribution < 1.29 is 4.74 Å². The minimum Gasteiger partial charge on any atom is -0.366 e. The Morgan fingerprint density at radius 3 is 2.29 bits per heavy atom. The normalized spacial score (nSPS) is 41.8. The molecule has 2 bridgehead atoms. The van der Waals surface area contributed by atoms with Gasteiger partial charge in [-0.3, -0.25) is 0 Å². The summed E-state index contributed by atoms with van der Waals surface area (Å²) >= 11 is 0. The first kappa shape index (κ1) is 13.8. The topological polar surface area (TPSA) is 21.3 Å². The molecule has 21 heavy (non-hydrogen) atoms. The number of fused-ring (bicyclic) bond motifs is 1. The molecule has 0 amide bonds. The summed E-state index contributed by atoms with van der Waals surface area (Å²) in [5.41, 5.74) is 3.21. The fourth-order valence-corrected chi connectivity index (χ4v) is 4.97. The number of hydrogen-bond acceptors (Lipinski definition) is 2. The second kappa shape index (κ2) is 4.82. The van der Waals surface area contributed by atoms with Gasteiger partial charge in [0.1, 0.15) is 0 Å². The van der Waals surface area contributed by atoms with Crippen molar-refractivity contribution in [2.45, 2.75) is 57.2 Å². The van der Waals surface area contributed by atoms with Crippen molar-refractivity contribution in [3.63, 3.8) is 0 Å². The average molecular weight is 285 g/mol. The van der Waals surface area contributed by atoms with E-state index in [1.165, 1.54) is 25.7 Å². The summed E-state index contributed by atoms with van der Waals surface area (Å²) in [6.45, 7) is 6.59. The van der Waals surface area contributed by atoms with Crippen molar-refractivity contribution in [2.75, 3.05) is 13.1 Å². The highest BCUT2D eigenvalue weighted by molar-refractivity contribution is 5.32. The Hall–Kier alpha value is -0.860. The minimum absolute atomic E-state index is 0.00954. The number of nitrogens with one attached hydrogen (secondary N) is 1. The molecule has 2 nitrogen and oxygen atoms in total. The molecule has 2 aliphatic carbocycles. The van der Waals surface area contributed by atoms with Gasteiger partial charge in [-0.1, -0.05) is 31.2 Å². The van der Waals surface area contributed by atoms with Gasteiger partial charge in [-0.2, -0.15) is 0 Å². The molecule has 3 unspecified atom stereocenters. The fourth-order valence-electron chi connectivity index (χ4n) is 4.97. The zero-order valence-corrected chi connectivity index (χ0v) is 13.3. The van der Waals surface area contributed by atoms with E-state index in [2.05, 4.69) is 43.4 Å². The summed E-state index contributed by atoms with van der Waals surface area (Å²) in [4.78, 5) is 0. The lowest BCUT2D eigenvalue weighted by molar-refractivity contribution is -0.204. The quantitative estimate of drug-likeness (QED) is 0.854. The highest BCUT2D eigenvalue weighted by Crippen LogP contribution is 2.51. The van der Waals surface area contributed by atoms with E-state index in [-0.39, 0.29) is 11.2 Å². The molecule has 1 aromatic carbocycles. The van der Waals surface area contributed by atoms with E-state index in [1.54, 1.807) is 11.1 Å². The van der Waals surface area contributed by atoms with Gasteiger partial charge in [0, 0.05) is 13.1 Å². The monoisotopic (exact) mass is 285 g/mol. The van der Waals surface area contributed by atoms with E-state index < -0.39 is 0 Å².